The summed E-state index contributed by atoms with van der Waals surface area (Å²) in [4.78, 5) is 28.1. The molecule has 7 heteroatoms. The van der Waals surface area contributed by atoms with E-state index >= 15 is 0 Å². The maximum absolute atomic E-state index is 12.2. The van der Waals surface area contributed by atoms with Crippen molar-refractivity contribution in [3.63, 3.8) is 0 Å². The molecule has 2 fully saturated rings. The number of carbonyl (C=O) groups is 2. The average molecular weight is 419 g/mol. The molecule has 0 spiro atoms. The number of hydrogen-bond donors (Lipinski definition) is 0. The van der Waals surface area contributed by atoms with Gasteiger partial charge in [-0.25, -0.2) is 9.59 Å². The number of ether oxygens (including phenoxy) is 3. The minimum Gasteiger partial charge on any atom is -0.497 e. The van der Waals surface area contributed by atoms with Gasteiger partial charge < -0.3 is 24.0 Å². The van der Waals surface area contributed by atoms with Crippen molar-refractivity contribution in [1.29, 1.82) is 0 Å². The van der Waals surface area contributed by atoms with Crippen molar-refractivity contribution in [3.05, 3.63) is 29.8 Å². The SMILES string of the molecule is COc1ccc(C[C@H]2COC(=O)N2CCC2CCN(C(=O)OC(C)(C)C)CC2)cc1. The number of methoxy groups -OCH3 is 1. The molecule has 0 bridgehead atoms. The molecule has 0 unspecified atom stereocenters. The maximum atomic E-state index is 12.2. The Labute approximate surface area is 179 Å². The van der Waals surface area contributed by atoms with Crippen LogP contribution in [0.3, 0.4) is 0 Å². The van der Waals surface area contributed by atoms with E-state index < -0.39 is 5.60 Å². The molecule has 1 aromatic rings. The van der Waals surface area contributed by atoms with Crippen LogP contribution in [-0.2, 0) is 15.9 Å². The summed E-state index contributed by atoms with van der Waals surface area (Å²) in [6, 6.07) is 8.01. The molecule has 30 heavy (non-hydrogen) atoms. The summed E-state index contributed by atoms with van der Waals surface area (Å²) >= 11 is 0. The van der Waals surface area contributed by atoms with Crippen molar-refractivity contribution in [3.8, 4) is 5.75 Å². The van der Waals surface area contributed by atoms with Crippen molar-refractivity contribution in [2.45, 2.75) is 58.1 Å². The van der Waals surface area contributed by atoms with E-state index in [1.54, 1.807) is 12.0 Å². The summed E-state index contributed by atoms with van der Waals surface area (Å²) in [5.41, 5.74) is 0.693. The number of hydrogen-bond acceptors (Lipinski definition) is 5. The Kier molecular flexibility index (Phi) is 7.10. The average Bonchev–Trinajstić information content (AvgIpc) is 3.05. The summed E-state index contributed by atoms with van der Waals surface area (Å²) in [5.74, 6) is 1.32. The highest BCUT2D eigenvalue weighted by Gasteiger charge is 2.34. The molecule has 2 aliphatic rings. The normalized spacial score (nSPS) is 20.3. The van der Waals surface area contributed by atoms with E-state index in [9.17, 15) is 9.59 Å². The van der Waals surface area contributed by atoms with Crippen molar-refractivity contribution in [1.82, 2.24) is 9.80 Å². The Morgan fingerprint density at radius 1 is 1.17 bits per heavy atom. The molecule has 0 saturated carbocycles. The highest BCUT2D eigenvalue weighted by Crippen LogP contribution is 2.25. The quantitative estimate of drug-likeness (QED) is 0.696. The minimum atomic E-state index is -0.469. The number of carbonyl (C=O) groups excluding carboxylic acids is 2. The van der Waals surface area contributed by atoms with Crippen LogP contribution in [0.5, 0.6) is 5.75 Å². The lowest BCUT2D eigenvalue weighted by Gasteiger charge is -2.34. The lowest BCUT2D eigenvalue weighted by Crippen LogP contribution is -2.42. The molecule has 2 heterocycles. The fourth-order valence-corrected chi connectivity index (χ4v) is 4.02. The predicted molar refractivity (Wildman–Crippen MR) is 114 cm³/mol. The first-order valence-corrected chi connectivity index (χ1v) is 10.8. The molecule has 166 valence electrons. The largest absolute Gasteiger partial charge is 0.497 e. The third-order valence-electron chi connectivity index (χ3n) is 5.75. The van der Waals surface area contributed by atoms with Crippen LogP contribution in [0.4, 0.5) is 9.59 Å². The second-order valence-corrected chi connectivity index (χ2v) is 9.18. The van der Waals surface area contributed by atoms with Gasteiger partial charge in [0.05, 0.1) is 13.2 Å². The van der Waals surface area contributed by atoms with Crippen LogP contribution in [0.15, 0.2) is 24.3 Å². The molecule has 0 aliphatic carbocycles. The molecule has 2 amide bonds. The monoisotopic (exact) mass is 418 g/mol. The fourth-order valence-electron chi connectivity index (χ4n) is 4.02. The van der Waals surface area contributed by atoms with Crippen molar-refractivity contribution >= 4 is 12.2 Å². The number of benzene rings is 1. The van der Waals surface area contributed by atoms with E-state index in [0.717, 1.165) is 37.0 Å². The summed E-state index contributed by atoms with van der Waals surface area (Å²) in [7, 11) is 1.65. The van der Waals surface area contributed by atoms with Crippen LogP contribution >= 0.6 is 0 Å². The van der Waals surface area contributed by atoms with Crippen LogP contribution < -0.4 is 4.74 Å². The van der Waals surface area contributed by atoms with Gasteiger partial charge in [-0.1, -0.05) is 12.1 Å². The summed E-state index contributed by atoms with van der Waals surface area (Å²) in [6.45, 7) is 8.19. The van der Waals surface area contributed by atoms with Crippen molar-refractivity contribution in [2.24, 2.45) is 5.92 Å². The zero-order valence-electron chi connectivity index (χ0n) is 18.6. The molecule has 2 aliphatic heterocycles. The van der Waals surface area contributed by atoms with Gasteiger partial charge in [0, 0.05) is 19.6 Å². The third kappa shape index (κ3) is 6.03. The Hall–Kier alpha value is -2.44. The van der Waals surface area contributed by atoms with Crippen LogP contribution in [0.2, 0.25) is 0 Å². The van der Waals surface area contributed by atoms with Gasteiger partial charge in [-0.3, -0.25) is 0 Å². The standard InChI is InChI=1S/C23H34N2O5/c1-23(2,3)30-21(26)24-12-9-17(10-13-24)11-14-25-19(16-29-22(25)27)15-18-5-7-20(28-4)8-6-18/h5-8,17,19H,9-16H2,1-4H3/t19-/m0/s1. The number of nitrogens with zero attached hydrogens (tertiary/aromatic N) is 2. The summed E-state index contributed by atoms with van der Waals surface area (Å²) in [6.07, 6.45) is 3.11. The van der Waals surface area contributed by atoms with E-state index in [4.69, 9.17) is 14.2 Å². The van der Waals surface area contributed by atoms with Crippen molar-refractivity contribution in [2.75, 3.05) is 33.4 Å². The molecule has 7 nitrogen and oxygen atoms in total. The Balaban J connectivity index is 1.46. The lowest BCUT2D eigenvalue weighted by molar-refractivity contribution is 0.0179. The molecule has 3 rings (SSSR count). The van der Waals surface area contributed by atoms with Crippen LogP contribution in [-0.4, -0.2) is 67.0 Å². The molecular formula is C23H34N2O5. The Morgan fingerprint density at radius 2 is 1.83 bits per heavy atom. The first-order chi connectivity index (χ1) is 14.2. The summed E-state index contributed by atoms with van der Waals surface area (Å²) in [5, 5.41) is 0. The van der Waals surface area contributed by atoms with Gasteiger partial charge in [-0.15, -0.1) is 0 Å². The van der Waals surface area contributed by atoms with Crippen molar-refractivity contribution < 1.29 is 23.8 Å². The zero-order chi connectivity index (χ0) is 21.7. The highest BCUT2D eigenvalue weighted by atomic mass is 16.6. The van der Waals surface area contributed by atoms with E-state index in [0.29, 0.717) is 32.2 Å². The van der Waals surface area contributed by atoms with Gasteiger partial charge in [-0.05, 0) is 70.1 Å². The van der Waals surface area contributed by atoms with Gasteiger partial charge in [-0.2, -0.15) is 0 Å². The molecule has 0 aromatic heterocycles. The smallest absolute Gasteiger partial charge is 0.410 e. The van der Waals surface area contributed by atoms with E-state index in [2.05, 4.69) is 0 Å². The molecule has 0 N–H and O–H groups in total. The number of cyclic esters (lactones) is 1. The lowest BCUT2D eigenvalue weighted by atomic mass is 9.93. The number of amides is 2. The number of likely N-dealkylation sites (tertiary alicyclic amines) is 1. The van der Waals surface area contributed by atoms with Gasteiger partial charge >= 0.3 is 12.2 Å². The van der Waals surface area contributed by atoms with Crippen LogP contribution in [0.25, 0.3) is 0 Å². The second-order valence-electron chi connectivity index (χ2n) is 9.18. The molecule has 1 atom stereocenters. The van der Waals surface area contributed by atoms with Gasteiger partial charge in [0.25, 0.3) is 0 Å². The van der Waals surface area contributed by atoms with Crippen LogP contribution in [0, 0.1) is 5.92 Å². The molecule has 2 saturated heterocycles. The van der Waals surface area contributed by atoms with E-state index in [-0.39, 0.29) is 18.2 Å². The Bertz CT molecular complexity index is 720. The number of piperidine rings is 1. The van der Waals surface area contributed by atoms with Gasteiger partial charge in [0.1, 0.15) is 18.0 Å². The van der Waals surface area contributed by atoms with Gasteiger partial charge in [0.2, 0.25) is 0 Å². The minimum absolute atomic E-state index is 0.0627. The van der Waals surface area contributed by atoms with Crippen LogP contribution in [0.1, 0.15) is 45.6 Å². The third-order valence-corrected chi connectivity index (χ3v) is 5.75. The summed E-state index contributed by atoms with van der Waals surface area (Å²) < 4.78 is 16.0. The fraction of sp³-hybridized carbons (Fsp3) is 0.652. The first kappa shape index (κ1) is 22.2. The molecule has 1 aromatic carbocycles. The van der Waals surface area contributed by atoms with E-state index in [1.807, 2.05) is 49.9 Å². The second kappa shape index (κ2) is 9.58. The van der Waals surface area contributed by atoms with E-state index in [1.165, 1.54) is 0 Å². The molecule has 0 radical (unpaired) electrons. The van der Waals surface area contributed by atoms with Gasteiger partial charge in [0.15, 0.2) is 0 Å². The predicted octanol–water partition coefficient (Wildman–Crippen LogP) is 4.10. The topological polar surface area (TPSA) is 68.3 Å². The highest BCUT2D eigenvalue weighted by molar-refractivity contribution is 5.70. The molecular weight excluding hydrogens is 384 g/mol. The first-order valence-electron chi connectivity index (χ1n) is 10.8. The Morgan fingerprint density at radius 3 is 2.43 bits per heavy atom. The maximum Gasteiger partial charge on any atom is 0.410 e. The number of rotatable bonds is 6. The zero-order valence-corrected chi connectivity index (χ0v) is 18.6.